The Hall–Kier alpha value is -2.42. The van der Waals surface area contributed by atoms with E-state index in [4.69, 9.17) is 0 Å². The first kappa shape index (κ1) is 15.1. The second-order valence-electron chi connectivity index (χ2n) is 7.26. The molecule has 3 aromatic rings. The highest BCUT2D eigenvalue weighted by Crippen LogP contribution is 2.47. The lowest BCUT2D eigenvalue weighted by molar-refractivity contribution is 0.101. The summed E-state index contributed by atoms with van der Waals surface area (Å²) < 4.78 is 2.22. The SMILES string of the molecule is CC(=O)c1ccc2c(c1)nc(C)n2Cc1ccc(C2(C)CC2)cc1. The first-order valence-electron chi connectivity index (χ1n) is 8.53. The van der Waals surface area contributed by atoms with Crippen molar-refractivity contribution in [1.29, 1.82) is 0 Å². The lowest BCUT2D eigenvalue weighted by Gasteiger charge is -2.11. The summed E-state index contributed by atoms with van der Waals surface area (Å²) in [6, 6.07) is 14.8. The summed E-state index contributed by atoms with van der Waals surface area (Å²) >= 11 is 0. The van der Waals surface area contributed by atoms with Gasteiger partial charge in [-0.3, -0.25) is 4.79 Å². The molecule has 1 aliphatic rings. The molecule has 2 aromatic carbocycles. The molecule has 1 aliphatic carbocycles. The number of benzene rings is 2. The summed E-state index contributed by atoms with van der Waals surface area (Å²) in [5.41, 5.74) is 5.83. The first-order chi connectivity index (χ1) is 11.5. The average Bonchev–Trinajstić information content (AvgIpc) is 3.24. The second-order valence-corrected chi connectivity index (χ2v) is 7.26. The van der Waals surface area contributed by atoms with Crippen LogP contribution in [0.25, 0.3) is 11.0 Å². The van der Waals surface area contributed by atoms with E-state index in [1.54, 1.807) is 6.92 Å². The molecule has 1 aromatic heterocycles. The minimum absolute atomic E-state index is 0.0771. The van der Waals surface area contributed by atoms with Gasteiger partial charge >= 0.3 is 0 Å². The number of rotatable bonds is 4. The Bertz CT molecular complexity index is 930. The zero-order valence-electron chi connectivity index (χ0n) is 14.5. The van der Waals surface area contributed by atoms with Crippen molar-refractivity contribution in [3.63, 3.8) is 0 Å². The second kappa shape index (κ2) is 5.30. The van der Waals surface area contributed by atoms with Gasteiger partial charge in [0.2, 0.25) is 0 Å². The smallest absolute Gasteiger partial charge is 0.159 e. The summed E-state index contributed by atoms with van der Waals surface area (Å²) in [4.78, 5) is 16.2. The lowest BCUT2D eigenvalue weighted by atomic mass is 9.97. The Balaban J connectivity index is 1.66. The van der Waals surface area contributed by atoms with Crippen molar-refractivity contribution in [3.8, 4) is 0 Å². The maximum Gasteiger partial charge on any atom is 0.159 e. The molecule has 0 radical (unpaired) electrons. The van der Waals surface area contributed by atoms with Crippen molar-refractivity contribution in [2.75, 3.05) is 0 Å². The number of hydrogen-bond acceptors (Lipinski definition) is 2. The molecule has 4 rings (SSSR count). The monoisotopic (exact) mass is 318 g/mol. The number of fused-ring (bicyclic) bond motifs is 1. The van der Waals surface area contributed by atoms with Gasteiger partial charge in [0.05, 0.1) is 11.0 Å². The summed E-state index contributed by atoms with van der Waals surface area (Å²) in [5.74, 6) is 1.05. The highest BCUT2D eigenvalue weighted by atomic mass is 16.1. The maximum atomic E-state index is 11.6. The highest BCUT2D eigenvalue weighted by Gasteiger charge is 2.38. The third-order valence-corrected chi connectivity index (χ3v) is 5.34. The standard InChI is InChI=1S/C21H22N2O/c1-14(24)17-6-9-20-19(12-17)22-15(2)23(20)13-16-4-7-18(8-5-16)21(3)10-11-21/h4-9,12H,10-11,13H2,1-3H3. The molecule has 24 heavy (non-hydrogen) atoms. The van der Waals surface area contributed by atoms with Crippen molar-refractivity contribution in [2.24, 2.45) is 0 Å². The number of hydrogen-bond donors (Lipinski definition) is 0. The van der Waals surface area contributed by atoms with Gasteiger partial charge in [-0.1, -0.05) is 31.2 Å². The van der Waals surface area contributed by atoms with Crippen LogP contribution < -0.4 is 0 Å². The zero-order valence-corrected chi connectivity index (χ0v) is 14.5. The van der Waals surface area contributed by atoms with Crippen LogP contribution in [0.1, 0.15) is 54.0 Å². The van der Waals surface area contributed by atoms with Crippen molar-refractivity contribution < 1.29 is 4.79 Å². The minimum Gasteiger partial charge on any atom is -0.324 e. The topological polar surface area (TPSA) is 34.9 Å². The molecular formula is C21H22N2O. The predicted molar refractivity (Wildman–Crippen MR) is 96.6 cm³/mol. The molecule has 0 atom stereocenters. The fourth-order valence-corrected chi connectivity index (χ4v) is 3.34. The maximum absolute atomic E-state index is 11.6. The fourth-order valence-electron chi connectivity index (χ4n) is 3.34. The number of aromatic nitrogens is 2. The molecule has 0 N–H and O–H groups in total. The number of Topliss-reactive ketones (excluding diaryl/α,β-unsaturated/α-hetero) is 1. The molecule has 3 heteroatoms. The molecule has 0 spiro atoms. The van der Waals surface area contributed by atoms with Gasteiger partial charge in [0, 0.05) is 12.1 Å². The predicted octanol–water partition coefficient (Wildman–Crippen LogP) is 4.65. The molecule has 3 nitrogen and oxygen atoms in total. The van der Waals surface area contributed by atoms with Gasteiger partial charge in [-0.25, -0.2) is 4.98 Å². The molecule has 0 unspecified atom stereocenters. The number of aryl methyl sites for hydroxylation is 1. The van der Waals surface area contributed by atoms with Gasteiger partial charge in [-0.05, 0) is 61.4 Å². The Morgan fingerprint density at radius 1 is 1.17 bits per heavy atom. The van der Waals surface area contributed by atoms with Crippen LogP contribution in [0.15, 0.2) is 42.5 Å². The quantitative estimate of drug-likeness (QED) is 0.656. The number of nitrogens with zero attached hydrogens (tertiary/aromatic N) is 2. The molecule has 122 valence electrons. The van der Waals surface area contributed by atoms with E-state index in [0.717, 1.165) is 23.4 Å². The van der Waals surface area contributed by atoms with E-state index in [2.05, 4.69) is 40.7 Å². The van der Waals surface area contributed by atoms with Crippen LogP contribution >= 0.6 is 0 Å². The van der Waals surface area contributed by atoms with Crippen molar-refractivity contribution >= 4 is 16.8 Å². The van der Waals surface area contributed by atoms with Crippen LogP contribution in [0, 0.1) is 6.92 Å². The van der Waals surface area contributed by atoms with Crippen LogP contribution in [0.3, 0.4) is 0 Å². The Kier molecular flexibility index (Phi) is 3.34. The number of imidazole rings is 1. The largest absolute Gasteiger partial charge is 0.324 e. The van der Waals surface area contributed by atoms with Crippen molar-refractivity contribution in [1.82, 2.24) is 9.55 Å². The molecule has 1 heterocycles. The zero-order chi connectivity index (χ0) is 16.9. The van der Waals surface area contributed by atoms with E-state index in [0.29, 0.717) is 11.0 Å². The molecule has 0 aliphatic heterocycles. The molecule has 1 saturated carbocycles. The van der Waals surface area contributed by atoms with Gasteiger partial charge in [0.15, 0.2) is 5.78 Å². The van der Waals surface area contributed by atoms with Crippen LogP contribution in [0.2, 0.25) is 0 Å². The van der Waals surface area contributed by atoms with Crippen LogP contribution in [0.5, 0.6) is 0 Å². The van der Waals surface area contributed by atoms with Gasteiger partial charge in [-0.15, -0.1) is 0 Å². The Morgan fingerprint density at radius 2 is 1.88 bits per heavy atom. The summed E-state index contributed by atoms with van der Waals surface area (Å²) in [7, 11) is 0. The third-order valence-electron chi connectivity index (χ3n) is 5.34. The fraction of sp³-hybridized carbons (Fsp3) is 0.333. The van der Waals surface area contributed by atoms with E-state index >= 15 is 0 Å². The van der Waals surface area contributed by atoms with Crippen LogP contribution in [-0.4, -0.2) is 15.3 Å². The van der Waals surface area contributed by atoms with Gasteiger partial charge in [0.25, 0.3) is 0 Å². The number of carbonyl (C=O) groups is 1. The molecule has 0 saturated heterocycles. The Labute approximate surface area is 142 Å². The number of ketones is 1. The lowest BCUT2D eigenvalue weighted by Crippen LogP contribution is -2.04. The van der Waals surface area contributed by atoms with Crippen molar-refractivity contribution in [2.45, 2.75) is 45.6 Å². The van der Waals surface area contributed by atoms with E-state index < -0.39 is 0 Å². The van der Waals surface area contributed by atoms with Crippen LogP contribution in [0.4, 0.5) is 0 Å². The summed E-state index contributed by atoms with van der Waals surface area (Å²) in [5, 5.41) is 0. The molecule has 1 fully saturated rings. The van der Waals surface area contributed by atoms with E-state index in [1.807, 2.05) is 25.1 Å². The van der Waals surface area contributed by atoms with Gasteiger partial charge < -0.3 is 4.57 Å². The molecule has 0 bridgehead atoms. The van der Waals surface area contributed by atoms with Crippen molar-refractivity contribution in [3.05, 3.63) is 65.0 Å². The summed E-state index contributed by atoms with van der Waals surface area (Å²) in [6.07, 6.45) is 2.60. The van der Waals surface area contributed by atoms with Crippen LogP contribution in [-0.2, 0) is 12.0 Å². The van der Waals surface area contributed by atoms with E-state index in [9.17, 15) is 4.79 Å². The normalized spacial score (nSPS) is 15.6. The number of carbonyl (C=O) groups excluding carboxylic acids is 1. The first-order valence-corrected chi connectivity index (χ1v) is 8.53. The molecule has 0 amide bonds. The average molecular weight is 318 g/mol. The van der Waals surface area contributed by atoms with Gasteiger partial charge in [-0.2, -0.15) is 0 Å². The summed E-state index contributed by atoms with van der Waals surface area (Å²) in [6.45, 7) is 6.75. The molecular weight excluding hydrogens is 296 g/mol. The van der Waals surface area contributed by atoms with E-state index in [-0.39, 0.29) is 5.78 Å². The van der Waals surface area contributed by atoms with E-state index in [1.165, 1.54) is 24.0 Å². The third kappa shape index (κ3) is 2.54. The van der Waals surface area contributed by atoms with Gasteiger partial charge in [0.1, 0.15) is 5.82 Å². The Morgan fingerprint density at radius 3 is 2.50 bits per heavy atom. The minimum atomic E-state index is 0.0771. The highest BCUT2D eigenvalue weighted by molar-refractivity contribution is 5.97.